The number of fused-ring (bicyclic) bond motifs is 1. The molecule has 30 heavy (non-hydrogen) atoms. The Morgan fingerprint density at radius 2 is 1.93 bits per heavy atom. The summed E-state index contributed by atoms with van der Waals surface area (Å²) in [6.45, 7) is 8.18. The number of hydrogen-bond acceptors (Lipinski definition) is 6. The van der Waals surface area contributed by atoms with Gasteiger partial charge in [-0.05, 0) is 67.7 Å². The van der Waals surface area contributed by atoms with Crippen molar-refractivity contribution in [1.29, 1.82) is 0 Å². The van der Waals surface area contributed by atoms with Gasteiger partial charge < -0.3 is 14.0 Å². The van der Waals surface area contributed by atoms with Crippen LogP contribution < -0.4 is 10.5 Å². The summed E-state index contributed by atoms with van der Waals surface area (Å²) in [7, 11) is 1.81. The highest BCUT2D eigenvalue weighted by molar-refractivity contribution is 5.85. The molecule has 7 heteroatoms. The van der Waals surface area contributed by atoms with E-state index in [1.807, 2.05) is 55.4 Å². The third-order valence-electron chi connectivity index (χ3n) is 5.40. The Kier molecular flexibility index (Phi) is 5.11. The number of benzene rings is 1. The third kappa shape index (κ3) is 3.36. The fourth-order valence-electron chi connectivity index (χ4n) is 3.76. The SMILES string of the molecule is CCc1cc2c(cn1)cc(-c1cc(N(c3ncon3)C(C)C)ccc1C)c(=O)n2C. The van der Waals surface area contributed by atoms with E-state index in [0.29, 0.717) is 11.5 Å². The van der Waals surface area contributed by atoms with Gasteiger partial charge >= 0.3 is 0 Å². The normalized spacial score (nSPS) is 11.4. The maximum Gasteiger partial charge on any atom is 0.270 e. The summed E-state index contributed by atoms with van der Waals surface area (Å²) in [5.74, 6) is 0.488. The maximum atomic E-state index is 13.3. The minimum absolute atomic E-state index is 0.0355. The number of rotatable bonds is 5. The van der Waals surface area contributed by atoms with Crippen LogP contribution in [0.15, 0.2) is 52.2 Å². The van der Waals surface area contributed by atoms with Crippen LogP contribution in [0.25, 0.3) is 22.0 Å². The van der Waals surface area contributed by atoms with Gasteiger partial charge in [0.25, 0.3) is 11.5 Å². The Morgan fingerprint density at radius 3 is 2.60 bits per heavy atom. The Labute approximate surface area is 175 Å². The summed E-state index contributed by atoms with van der Waals surface area (Å²) in [6, 6.07) is 10.1. The van der Waals surface area contributed by atoms with Gasteiger partial charge in [-0.2, -0.15) is 4.98 Å². The molecule has 4 rings (SSSR count). The summed E-state index contributed by atoms with van der Waals surface area (Å²) in [6.07, 6.45) is 3.99. The van der Waals surface area contributed by atoms with E-state index in [-0.39, 0.29) is 11.6 Å². The monoisotopic (exact) mass is 403 g/mol. The molecule has 0 saturated heterocycles. The molecule has 4 aromatic rings. The van der Waals surface area contributed by atoms with E-state index in [2.05, 4.69) is 35.9 Å². The molecule has 3 aromatic heterocycles. The average Bonchev–Trinajstić information content (AvgIpc) is 3.26. The van der Waals surface area contributed by atoms with Crippen LogP contribution in [0, 0.1) is 6.92 Å². The highest BCUT2D eigenvalue weighted by atomic mass is 16.5. The Balaban J connectivity index is 1.91. The lowest BCUT2D eigenvalue weighted by molar-refractivity contribution is 0.416. The molecule has 3 heterocycles. The number of aromatic nitrogens is 4. The van der Waals surface area contributed by atoms with Crippen molar-refractivity contribution in [2.75, 3.05) is 4.90 Å². The predicted molar refractivity (Wildman–Crippen MR) is 118 cm³/mol. The first-order valence-electron chi connectivity index (χ1n) is 10.1. The van der Waals surface area contributed by atoms with Gasteiger partial charge in [0.05, 0.1) is 5.52 Å². The quantitative estimate of drug-likeness (QED) is 0.491. The number of aryl methyl sites for hydroxylation is 3. The van der Waals surface area contributed by atoms with E-state index in [0.717, 1.165) is 39.8 Å². The zero-order valence-corrected chi connectivity index (χ0v) is 17.9. The molecule has 0 bridgehead atoms. The summed E-state index contributed by atoms with van der Waals surface area (Å²) < 4.78 is 6.65. The fourth-order valence-corrected chi connectivity index (χ4v) is 3.76. The van der Waals surface area contributed by atoms with Crippen LogP contribution >= 0.6 is 0 Å². The molecule has 0 saturated carbocycles. The van der Waals surface area contributed by atoms with Crippen LogP contribution in [0.1, 0.15) is 32.0 Å². The highest BCUT2D eigenvalue weighted by Crippen LogP contribution is 2.31. The van der Waals surface area contributed by atoms with E-state index >= 15 is 0 Å². The van der Waals surface area contributed by atoms with Gasteiger partial charge in [-0.3, -0.25) is 9.78 Å². The topological polar surface area (TPSA) is 77.1 Å². The smallest absolute Gasteiger partial charge is 0.270 e. The average molecular weight is 403 g/mol. The molecule has 0 spiro atoms. The van der Waals surface area contributed by atoms with E-state index in [1.165, 1.54) is 6.39 Å². The number of anilines is 2. The zero-order valence-electron chi connectivity index (χ0n) is 17.9. The Hall–Kier alpha value is -3.48. The molecule has 0 fully saturated rings. The Bertz CT molecular complexity index is 1260. The second-order valence-electron chi connectivity index (χ2n) is 7.70. The van der Waals surface area contributed by atoms with Crippen molar-refractivity contribution in [3.63, 3.8) is 0 Å². The second-order valence-corrected chi connectivity index (χ2v) is 7.70. The van der Waals surface area contributed by atoms with Gasteiger partial charge in [-0.1, -0.05) is 13.0 Å². The van der Waals surface area contributed by atoms with Crippen LogP contribution in [-0.4, -0.2) is 25.7 Å². The van der Waals surface area contributed by atoms with Crippen molar-refractivity contribution in [1.82, 2.24) is 19.7 Å². The minimum atomic E-state index is -0.0355. The summed E-state index contributed by atoms with van der Waals surface area (Å²) in [5.41, 5.74) is 5.26. The summed E-state index contributed by atoms with van der Waals surface area (Å²) in [4.78, 5) is 24.0. The van der Waals surface area contributed by atoms with Crippen molar-refractivity contribution in [2.24, 2.45) is 7.05 Å². The highest BCUT2D eigenvalue weighted by Gasteiger charge is 2.20. The molecule has 0 N–H and O–H groups in total. The molecule has 0 unspecified atom stereocenters. The van der Waals surface area contributed by atoms with Crippen molar-refractivity contribution >= 4 is 22.5 Å². The third-order valence-corrected chi connectivity index (χ3v) is 5.40. The first-order chi connectivity index (χ1) is 14.4. The van der Waals surface area contributed by atoms with Gasteiger partial charge in [-0.25, -0.2) is 0 Å². The summed E-state index contributed by atoms with van der Waals surface area (Å²) in [5, 5.41) is 4.93. The van der Waals surface area contributed by atoms with Gasteiger partial charge in [0, 0.05) is 41.6 Å². The predicted octanol–water partition coefficient (Wildman–Crippen LogP) is 4.40. The van der Waals surface area contributed by atoms with Crippen LogP contribution in [0.3, 0.4) is 0 Å². The largest absolute Gasteiger partial charge is 0.341 e. The molecule has 0 aliphatic heterocycles. The molecule has 154 valence electrons. The van der Waals surface area contributed by atoms with Crippen LogP contribution in [-0.2, 0) is 13.5 Å². The molecule has 0 aliphatic rings. The Morgan fingerprint density at radius 1 is 1.13 bits per heavy atom. The van der Waals surface area contributed by atoms with E-state index in [9.17, 15) is 4.79 Å². The van der Waals surface area contributed by atoms with Crippen LogP contribution in [0.5, 0.6) is 0 Å². The fraction of sp³-hybridized carbons (Fsp3) is 0.304. The molecular weight excluding hydrogens is 378 g/mol. The molecule has 0 amide bonds. The van der Waals surface area contributed by atoms with Crippen molar-refractivity contribution in [3.05, 3.63) is 64.5 Å². The molecule has 1 aromatic carbocycles. The first kappa shape index (κ1) is 19.8. The second kappa shape index (κ2) is 7.74. The molecule has 0 atom stereocenters. The number of nitrogens with zero attached hydrogens (tertiary/aromatic N) is 5. The zero-order chi connectivity index (χ0) is 21.4. The van der Waals surface area contributed by atoms with Crippen LogP contribution in [0.4, 0.5) is 11.6 Å². The van der Waals surface area contributed by atoms with E-state index < -0.39 is 0 Å². The van der Waals surface area contributed by atoms with Crippen molar-refractivity contribution < 1.29 is 4.52 Å². The standard InChI is InChI=1S/C23H25N5O2/c1-6-17-10-21-16(12-24-17)9-20(22(29)27(21)5)19-11-18(8-7-15(19)4)28(14(2)3)23-25-13-30-26-23/h7-14H,6H2,1-5H3. The van der Waals surface area contributed by atoms with Gasteiger partial charge in [0.1, 0.15) is 0 Å². The van der Waals surface area contributed by atoms with Gasteiger partial charge in [0.15, 0.2) is 0 Å². The van der Waals surface area contributed by atoms with Crippen LogP contribution in [0.2, 0.25) is 0 Å². The van der Waals surface area contributed by atoms with E-state index in [1.54, 1.807) is 4.57 Å². The number of pyridine rings is 2. The molecular formula is C23H25N5O2. The van der Waals surface area contributed by atoms with Gasteiger partial charge in [-0.15, -0.1) is 0 Å². The lowest BCUT2D eigenvalue weighted by Gasteiger charge is -2.26. The lowest BCUT2D eigenvalue weighted by Crippen LogP contribution is -2.26. The van der Waals surface area contributed by atoms with Crippen molar-refractivity contribution in [2.45, 2.75) is 40.2 Å². The van der Waals surface area contributed by atoms with Crippen molar-refractivity contribution in [3.8, 4) is 11.1 Å². The molecule has 0 aliphatic carbocycles. The number of hydrogen-bond donors (Lipinski definition) is 0. The van der Waals surface area contributed by atoms with E-state index in [4.69, 9.17) is 4.52 Å². The van der Waals surface area contributed by atoms with Gasteiger partial charge in [0.2, 0.25) is 6.39 Å². The minimum Gasteiger partial charge on any atom is -0.341 e. The molecule has 7 nitrogen and oxygen atoms in total. The summed E-state index contributed by atoms with van der Waals surface area (Å²) >= 11 is 0. The first-order valence-corrected chi connectivity index (χ1v) is 10.1. The maximum absolute atomic E-state index is 13.3. The molecule has 0 radical (unpaired) electrons. The lowest BCUT2D eigenvalue weighted by atomic mass is 9.99.